The molecule has 0 aromatic carbocycles. The molecule has 0 saturated heterocycles. The van der Waals surface area contributed by atoms with Crippen molar-refractivity contribution in [3.63, 3.8) is 0 Å². The zero-order chi connectivity index (χ0) is 8.23. The van der Waals surface area contributed by atoms with E-state index in [-0.39, 0.29) is 17.1 Å². The smallest absolute Gasteiger partial charge is 0.00469 e. The average molecular weight is 210 g/mol. The molecule has 0 N–H and O–H groups in total. The van der Waals surface area contributed by atoms with Crippen molar-refractivity contribution < 1.29 is 17.1 Å². The van der Waals surface area contributed by atoms with Crippen LogP contribution in [0.1, 0.15) is 0 Å². The Bertz CT molecular complexity index is 133. The van der Waals surface area contributed by atoms with Crippen molar-refractivity contribution in [3.05, 3.63) is 75.4 Å². The SMILES string of the molecule is [CH]1[CH][CH][C](/C=C\[C]2[CH][CH][CH][CH]2)[CH]1.[Fe]. The Balaban J connectivity index is 0.000000845. The van der Waals surface area contributed by atoms with Gasteiger partial charge in [-0.3, -0.25) is 0 Å². The van der Waals surface area contributed by atoms with Crippen LogP contribution >= 0.6 is 0 Å². The summed E-state index contributed by atoms with van der Waals surface area (Å²) in [5, 5.41) is 0. The Morgan fingerprint density at radius 1 is 0.615 bits per heavy atom. The molecular formula is C12H10Fe. The van der Waals surface area contributed by atoms with E-state index in [2.05, 4.69) is 37.8 Å². The fourth-order valence-electron chi connectivity index (χ4n) is 1.19. The Labute approximate surface area is 92.6 Å². The molecule has 0 nitrogen and oxygen atoms in total. The van der Waals surface area contributed by atoms with Crippen LogP contribution in [0.2, 0.25) is 0 Å². The molecule has 2 saturated carbocycles. The Kier molecular flexibility index (Phi) is 5.13. The van der Waals surface area contributed by atoms with E-state index in [4.69, 9.17) is 0 Å². The van der Waals surface area contributed by atoms with Gasteiger partial charge in [-0.05, 0) is 51.4 Å². The van der Waals surface area contributed by atoms with Gasteiger partial charge in [0.1, 0.15) is 0 Å². The Morgan fingerprint density at radius 3 is 1.23 bits per heavy atom. The molecule has 0 atom stereocenters. The summed E-state index contributed by atoms with van der Waals surface area (Å²) in [5.41, 5.74) is 0. The first-order chi connectivity index (χ1) is 5.95. The maximum Gasteiger partial charge on any atom is 0.00469 e. The second kappa shape index (κ2) is 5.88. The van der Waals surface area contributed by atoms with Gasteiger partial charge in [0, 0.05) is 28.9 Å². The third-order valence-electron chi connectivity index (χ3n) is 1.85. The van der Waals surface area contributed by atoms with Gasteiger partial charge in [-0.15, -0.1) is 0 Å². The van der Waals surface area contributed by atoms with Crippen LogP contribution in [0.3, 0.4) is 0 Å². The molecule has 66 valence electrons. The van der Waals surface area contributed by atoms with Crippen LogP contribution in [-0.2, 0) is 17.1 Å². The third kappa shape index (κ3) is 3.48. The Hall–Kier alpha value is 0.259. The first kappa shape index (κ1) is 11.3. The summed E-state index contributed by atoms with van der Waals surface area (Å²) in [6.45, 7) is 0. The predicted octanol–water partition coefficient (Wildman–Crippen LogP) is 2.35. The molecule has 2 aliphatic carbocycles. The molecule has 0 spiro atoms. The normalized spacial score (nSPS) is 25.5. The van der Waals surface area contributed by atoms with Crippen molar-refractivity contribution in [1.29, 1.82) is 0 Å². The summed E-state index contributed by atoms with van der Waals surface area (Å²) < 4.78 is 0. The standard InChI is InChI=1S/C12H10.Fe/c1-2-6-11(5-1)9-10-12-7-3-4-8-12;/h1-10H;/b10-9-;. The maximum absolute atomic E-state index is 2.12. The van der Waals surface area contributed by atoms with Gasteiger partial charge in [0.05, 0.1) is 0 Å². The van der Waals surface area contributed by atoms with Gasteiger partial charge in [-0.2, -0.15) is 0 Å². The molecular weight excluding hydrogens is 200 g/mol. The van der Waals surface area contributed by atoms with E-state index >= 15 is 0 Å². The summed E-state index contributed by atoms with van der Waals surface area (Å²) in [6, 6.07) is 0. The van der Waals surface area contributed by atoms with Crippen LogP contribution in [-0.4, -0.2) is 0 Å². The molecule has 0 heterocycles. The monoisotopic (exact) mass is 210 g/mol. The zero-order valence-electron chi connectivity index (χ0n) is 7.13. The quantitative estimate of drug-likeness (QED) is 0.613. The minimum atomic E-state index is 0. The molecule has 0 amide bonds. The molecule has 0 unspecified atom stereocenters. The van der Waals surface area contributed by atoms with Crippen LogP contribution in [0.4, 0.5) is 0 Å². The van der Waals surface area contributed by atoms with Gasteiger partial charge < -0.3 is 0 Å². The maximum atomic E-state index is 2.12. The molecule has 0 aromatic heterocycles. The fraction of sp³-hybridized carbons (Fsp3) is 0. The molecule has 13 heavy (non-hydrogen) atoms. The molecule has 2 aliphatic rings. The number of hydrogen-bond acceptors (Lipinski definition) is 0. The topological polar surface area (TPSA) is 0 Å². The molecule has 0 aromatic rings. The van der Waals surface area contributed by atoms with Crippen LogP contribution in [0.5, 0.6) is 0 Å². The van der Waals surface area contributed by atoms with E-state index in [9.17, 15) is 0 Å². The van der Waals surface area contributed by atoms with Crippen molar-refractivity contribution in [2.45, 2.75) is 0 Å². The summed E-state index contributed by atoms with van der Waals surface area (Å²) in [7, 11) is 0. The first-order valence-electron chi connectivity index (χ1n) is 4.07. The zero-order valence-corrected chi connectivity index (χ0v) is 8.23. The molecule has 10 radical (unpaired) electrons. The largest absolute Gasteiger partial charge is 0.0802 e. The van der Waals surface area contributed by atoms with Gasteiger partial charge in [-0.1, -0.05) is 12.2 Å². The van der Waals surface area contributed by atoms with Crippen molar-refractivity contribution in [2.24, 2.45) is 0 Å². The van der Waals surface area contributed by atoms with Gasteiger partial charge in [0.2, 0.25) is 0 Å². The third-order valence-corrected chi connectivity index (χ3v) is 1.85. The van der Waals surface area contributed by atoms with E-state index in [1.807, 2.05) is 25.7 Å². The number of allylic oxidation sites excluding steroid dienone is 2. The van der Waals surface area contributed by atoms with Crippen molar-refractivity contribution >= 4 is 0 Å². The van der Waals surface area contributed by atoms with Gasteiger partial charge in [0.25, 0.3) is 0 Å². The minimum Gasteiger partial charge on any atom is -0.0802 e. The predicted molar refractivity (Wildman–Crippen MR) is 50.0 cm³/mol. The number of rotatable bonds is 2. The van der Waals surface area contributed by atoms with Crippen LogP contribution in [0.15, 0.2) is 12.2 Å². The average Bonchev–Trinajstić information content (AvgIpc) is 2.74. The van der Waals surface area contributed by atoms with Crippen LogP contribution in [0.25, 0.3) is 0 Å². The van der Waals surface area contributed by atoms with E-state index in [1.54, 1.807) is 0 Å². The molecule has 2 rings (SSSR count). The molecule has 2 fully saturated rings. The van der Waals surface area contributed by atoms with Crippen molar-refractivity contribution in [1.82, 2.24) is 0 Å². The van der Waals surface area contributed by atoms with E-state index in [0.29, 0.717) is 0 Å². The first-order valence-corrected chi connectivity index (χ1v) is 4.07. The van der Waals surface area contributed by atoms with Crippen LogP contribution < -0.4 is 0 Å². The van der Waals surface area contributed by atoms with Crippen LogP contribution in [0, 0.1) is 63.2 Å². The van der Waals surface area contributed by atoms with E-state index in [1.165, 1.54) is 11.8 Å². The van der Waals surface area contributed by atoms with Crippen molar-refractivity contribution in [3.8, 4) is 0 Å². The minimum absolute atomic E-state index is 0. The molecule has 0 bridgehead atoms. The number of hydrogen-bond donors (Lipinski definition) is 0. The fourth-order valence-corrected chi connectivity index (χ4v) is 1.19. The molecule has 1 heteroatoms. The van der Waals surface area contributed by atoms with E-state index in [0.717, 1.165) is 0 Å². The van der Waals surface area contributed by atoms with Crippen molar-refractivity contribution in [2.75, 3.05) is 0 Å². The second-order valence-electron chi connectivity index (χ2n) is 2.77. The summed E-state index contributed by atoms with van der Waals surface area (Å²) in [6.07, 6.45) is 20.8. The van der Waals surface area contributed by atoms with Gasteiger partial charge >= 0.3 is 0 Å². The summed E-state index contributed by atoms with van der Waals surface area (Å²) in [5.74, 6) is 2.52. The van der Waals surface area contributed by atoms with Gasteiger partial charge in [0.15, 0.2) is 0 Å². The summed E-state index contributed by atoms with van der Waals surface area (Å²) >= 11 is 0. The van der Waals surface area contributed by atoms with Gasteiger partial charge in [-0.25, -0.2) is 0 Å². The van der Waals surface area contributed by atoms with E-state index < -0.39 is 0 Å². The Morgan fingerprint density at radius 2 is 0.923 bits per heavy atom. The second-order valence-corrected chi connectivity index (χ2v) is 2.77. The molecule has 0 aliphatic heterocycles. The summed E-state index contributed by atoms with van der Waals surface area (Å²) in [4.78, 5) is 0.